The van der Waals surface area contributed by atoms with Gasteiger partial charge < -0.3 is 24.6 Å². The van der Waals surface area contributed by atoms with Crippen molar-refractivity contribution in [2.45, 2.75) is 31.9 Å². The molecule has 2 heterocycles. The van der Waals surface area contributed by atoms with E-state index in [1.54, 1.807) is 13.2 Å². The van der Waals surface area contributed by atoms with E-state index in [-0.39, 0.29) is 25.6 Å². The number of aromatic nitrogens is 1. The molecule has 1 aliphatic heterocycles. The van der Waals surface area contributed by atoms with Gasteiger partial charge in [-0.05, 0) is 44.0 Å². The summed E-state index contributed by atoms with van der Waals surface area (Å²) in [5.74, 6) is 1.67. The lowest BCUT2D eigenvalue weighted by Crippen LogP contribution is -2.42. The molecular weight excluding hydrogens is 398 g/mol. The number of hydrogen-bond donors (Lipinski definition) is 2. The van der Waals surface area contributed by atoms with E-state index < -0.39 is 6.10 Å². The first-order chi connectivity index (χ1) is 15.1. The first-order valence-corrected chi connectivity index (χ1v) is 10.7. The van der Waals surface area contributed by atoms with Crippen LogP contribution >= 0.6 is 0 Å². The minimum atomic E-state index is -0.942. The van der Waals surface area contributed by atoms with Crippen LogP contribution in [0.3, 0.4) is 0 Å². The number of rotatable bonds is 5. The SMILES string of the molecule is CN(CC(O)CO)C(=O)CN1CCCCCOc2ccccc2Oc2ncccc2C1. The molecule has 0 saturated heterocycles. The monoisotopic (exact) mass is 429 g/mol. The summed E-state index contributed by atoms with van der Waals surface area (Å²) < 4.78 is 12.0. The Morgan fingerprint density at radius 1 is 1.19 bits per heavy atom. The lowest BCUT2D eigenvalue weighted by Gasteiger charge is -2.26. The summed E-state index contributed by atoms with van der Waals surface area (Å²) in [5.41, 5.74) is 0.877. The number of para-hydroxylation sites is 2. The Bertz CT molecular complexity index is 847. The van der Waals surface area contributed by atoms with Crippen LogP contribution in [0.2, 0.25) is 0 Å². The highest BCUT2D eigenvalue weighted by atomic mass is 16.5. The number of ether oxygens (including phenoxy) is 2. The summed E-state index contributed by atoms with van der Waals surface area (Å²) in [7, 11) is 1.63. The van der Waals surface area contributed by atoms with Gasteiger partial charge in [-0.3, -0.25) is 9.69 Å². The molecule has 2 aromatic rings. The Morgan fingerprint density at radius 2 is 2.00 bits per heavy atom. The Hall–Kier alpha value is -2.68. The number of pyridine rings is 1. The topological polar surface area (TPSA) is 95.4 Å². The Balaban J connectivity index is 1.78. The Kier molecular flexibility index (Phi) is 8.63. The highest BCUT2D eigenvalue weighted by Gasteiger charge is 2.19. The van der Waals surface area contributed by atoms with Gasteiger partial charge in [-0.25, -0.2) is 4.98 Å². The van der Waals surface area contributed by atoms with Crippen molar-refractivity contribution in [3.8, 4) is 17.4 Å². The van der Waals surface area contributed by atoms with Gasteiger partial charge in [-0.15, -0.1) is 0 Å². The third kappa shape index (κ3) is 6.92. The van der Waals surface area contributed by atoms with Gasteiger partial charge in [0.2, 0.25) is 11.8 Å². The van der Waals surface area contributed by atoms with Crippen LogP contribution in [0.25, 0.3) is 0 Å². The van der Waals surface area contributed by atoms with Gasteiger partial charge >= 0.3 is 0 Å². The Morgan fingerprint density at radius 3 is 2.81 bits per heavy atom. The van der Waals surface area contributed by atoms with Gasteiger partial charge in [-0.2, -0.15) is 0 Å². The van der Waals surface area contributed by atoms with Crippen molar-refractivity contribution in [2.24, 2.45) is 0 Å². The van der Waals surface area contributed by atoms with E-state index in [9.17, 15) is 9.90 Å². The summed E-state index contributed by atoms with van der Waals surface area (Å²) in [6.45, 7) is 1.77. The minimum Gasteiger partial charge on any atom is -0.490 e. The van der Waals surface area contributed by atoms with Crippen LogP contribution in [0.5, 0.6) is 17.4 Å². The zero-order chi connectivity index (χ0) is 22.1. The van der Waals surface area contributed by atoms with Gasteiger partial charge in [0.25, 0.3) is 0 Å². The van der Waals surface area contributed by atoms with Crippen LogP contribution in [0.4, 0.5) is 0 Å². The van der Waals surface area contributed by atoms with E-state index in [4.69, 9.17) is 14.6 Å². The highest BCUT2D eigenvalue weighted by molar-refractivity contribution is 5.78. The number of carbonyl (C=O) groups excluding carboxylic acids is 1. The lowest BCUT2D eigenvalue weighted by molar-refractivity contribution is -0.132. The van der Waals surface area contributed by atoms with Crippen LogP contribution in [0.1, 0.15) is 24.8 Å². The highest BCUT2D eigenvalue weighted by Crippen LogP contribution is 2.32. The first-order valence-electron chi connectivity index (χ1n) is 10.7. The summed E-state index contributed by atoms with van der Waals surface area (Å²) in [6, 6.07) is 11.4. The molecule has 0 fully saturated rings. The Labute approximate surface area is 183 Å². The number of benzene rings is 1. The average molecular weight is 430 g/mol. The third-order valence-electron chi connectivity index (χ3n) is 5.16. The van der Waals surface area contributed by atoms with Crippen molar-refractivity contribution >= 4 is 5.91 Å². The average Bonchev–Trinajstić information content (AvgIpc) is 2.78. The van der Waals surface area contributed by atoms with E-state index in [2.05, 4.69) is 9.88 Å². The molecule has 0 bridgehead atoms. The number of fused-ring (bicyclic) bond motifs is 2. The van der Waals surface area contributed by atoms with Crippen molar-refractivity contribution in [1.29, 1.82) is 0 Å². The quantitative estimate of drug-likeness (QED) is 0.751. The number of carbonyl (C=O) groups is 1. The number of likely N-dealkylation sites (N-methyl/N-ethyl adjacent to an activating group) is 1. The van der Waals surface area contributed by atoms with E-state index in [1.165, 1.54) is 4.90 Å². The molecule has 1 unspecified atom stereocenters. The summed E-state index contributed by atoms with van der Waals surface area (Å²) >= 11 is 0. The molecular formula is C23H31N3O5. The zero-order valence-corrected chi connectivity index (χ0v) is 17.9. The molecule has 0 saturated carbocycles. The first kappa shape index (κ1) is 23.0. The van der Waals surface area contributed by atoms with Gasteiger partial charge in [0.15, 0.2) is 11.5 Å². The molecule has 1 aliphatic rings. The van der Waals surface area contributed by atoms with Crippen molar-refractivity contribution < 1.29 is 24.5 Å². The van der Waals surface area contributed by atoms with Crippen LogP contribution in [0, 0.1) is 0 Å². The number of amides is 1. The minimum absolute atomic E-state index is 0.0958. The van der Waals surface area contributed by atoms with Gasteiger partial charge in [-0.1, -0.05) is 18.2 Å². The molecule has 1 atom stereocenters. The van der Waals surface area contributed by atoms with Crippen LogP contribution < -0.4 is 9.47 Å². The molecule has 0 radical (unpaired) electrons. The fourth-order valence-corrected chi connectivity index (χ4v) is 3.43. The molecule has 0 spiro atoms. The summed E-state index contributed by atoms with van der Waals surface area (Å²) in [4.78, 5) is 20.6. The smallest absolute Gasteiger partial charge is 0.236 e. The summed E-state index contributed by atoms with van der Waals surface area (Å²) in [6.07, 6.45) is 3.55. The van der Waals surface area contributed by atoms with Crippen molar-refractivity contribution in [3.63, 3.8) is 0 Å². The van der Waals surface area contributed by atoms with Crippen molar-refractivity contribution in [1.82, 2.24) is 14.8 Å². The molecule has 1 aromatic heterocycles. The second-order valence-corrected chi connectivity index (χ2v) is 7.75. The zero-order valence-electron chi connectivity index (χ0n) is 17.9. The normalized spacial score (nSPS) is 16.2. The molecule has 8 heteroatoms. The van der Waals surface area contributed by atoms with Gasteiger partial charge in [0.1, 0.15) is 0 Å². The van der Waals surface area contributed by atoms with Crippen molar-refractivity contribution in [3.05, 3.63) is 48.2 Å². The second-order valence-electron chi connectivity index (χ2n) is 7.75. The largest absolute Gasteiger partial charge is 0.490 e. The molecule has 31 heavy (non-hydrogen) atoms. The maximum Gasteiger partial charge on any atom is 0.236 e. The van der Waals surface area contributed by atoms with Crippen LogP contribution in [-0.4, -0.2) is 76.9 Å². The van der Waals surface area contributed by atoms with Gasteiger partial charge in [0.05, 0.1) is 25.9 Å². The molecule has 1 aromatic carbocycles. The number of aliphatic hydroxyl groups excluding tert-OH is 2. The second kappa shape index (κ2) is 11.6. The number of hydrogen-bond acceptors (Lipinski definition) is 7. The molecule has 1 amide bonds. The predicted octanol–water partition coefficient (Wildman–Crippen LogP) is 2.05. The maximum atomic E-state index is 12.7. The lowest BCUT2D eigenvalue weighted by atomic mass is 10.2. The van der Waals surface area contributed by atoms with E-state index in [0.717, 1.165) is 31.4 Å². The fourth-order valence-electron chi connectivity index (χ4n) is 3.43. The van der Waals surface area contributed by atoms with E-state index >= 15 is 0 Å². The predicted molar refractivity (Wildman–Crippen MR) is 116 cm³/mol. The van der Waals surface area contributed by atoms with Crippen LogP contribution in [0.15, 0.2) is 42.6 Å². The molecule has 8 nitrogen and oxygen atoms in total. The molecule has 168 valence electrons. The van der Waals surface area contributed by atoms with Crippen molar-refractivity contribution in [2.75, 3.05) is 39.9 Å². The molecule has 0 aliphatic carbocycles. The fraction of sp³-hybridized carbons (Fsp3) is 0.478. The third-order valence-corrected chi connectivity index (χ3v) is 5.16. The van der Waals surface area contributed by atoms with E-state index in [0.29, 0.717) is 30.5 Å². The number of nitrogens with zero attached hydrogens (tertiary/aromatic N) is 3. The van der Waals surface area contributed by atoms with E-state index in [1.807, 2.05) is 36.4 Å². The number of aliphatic hydroxyl groups is 2. The molecule has 3 rings (SSSR count). The standard InChI is InChI=1S/C23H31N3O5/c1-25(15-19(28)17-27)22(29)16-26-12-5-2-6-13-30-20-9-3-4-10-21(20)31-23-18(14-26)8-7-11-24-23/h3-4,7-11,19,27-28H,2,5-6,12-17H2,1H3. The summed E-state index contributed by atoms with van der Waals surface area (Å²) in [5, 5.41) is 18.7. The van der Waals surface area contributed by atoms with Gasteiger partial charge in [0, 0.05) is 31.9 Å². The maximum absolute atomic E-state index is 12.7. The van der Waals surface area contributed by atoms with Crippen LogP contribution in [-0.2, 0) is 11.3 Å². The molecule has 2 N–H and O–H groups in total.